The van der Waals surface area contributed by atoms with Gasteiger partial charge in [-0.3, -0.25) is 10.1 Å². The number of nitrogens with one attached hydrogen (secondary N) is 2. The monoisotopic (exact) mass is 322 g/mol. The van der Waals surface area contributed by atoms with Gasteiger partial charge in [0.1, 0.15) is 5.82 Å². The number of hydrogen-bond acceptors (Lipinski definition) is 4. The Hall–Kier alpha value is -2.70. The summed E-state index contributed by atoms with van der Waals surface area (Å²) in [4.78, 5) is 34.1. The van der Waals surface area contributed by atoms with E-state index >= 15 is 0 Å². The topological polar surface area (TPSA) is 84.5 Å². The third kappa shape index (κ3) is 8.35. The summed E-state index contributed by atoms with van der Waals surface area (Å²) in [5.41, 5.74) is 0.486. The van der Waals surface area contributed by atoms with E-state index in [1.807, 2.05) is 19.2 Å². The van der Waals surface area contributed by atoms with Gasteiger partial charge in [-0.05, 0) is 29.7 Å². The first-order valence-electron chi connectivity index (χ1n) is 7.05. The number of amides is 3. The van der Waals surface area contributed by atoms with Gasteiger partial charge in [0, 0.05) is 12.6 Å². The van der Waals surface area contributed by atoms with Gasteiger partial charge in [0.05, 0.1) is 0 Å². The Labute approximate surface area is 133 Å². The highest BCUT2D eigenvalue weighted by molar-refractivity contribution is 5.96. The Morgan fingerprint density at radius 3 is 2.70 bits per heavy atom. The van der Waals surface area contributed by atoms with Crippen LogP contribution in [-0.4, -0.2) is 31.1 Å². The van der Waals surface area contributed by atoms with Crippen LogP contribution >= 0.6 is 0 Å². The number of esters is 1. The van der Waals surface area contributed by atoms with Crippen molar-refractivity contribution in [2.75, 3.05) is 13.2 Å². The molecule has 6 nitrogen and oxygen atoms in total. The fraction of sp³-hybridized carbons (Fsp3) is 0.312. The van der Waals surface area contributed by atoms with E-state index in [1.54, 1.807) is 6.07 Å². The van der Waals surface area contributed by atoms with Crippen LogP contribution in [0, 0.1) is 11.7 Å². The molecule has 0 saturated heterocycles. The highest BCUT2D eigenvalue weighted by Crippen LogP contribution is 2.05. The van der Waals surface area contributed by atoms with E-state index in [4.69, 9.17) is 0 Å². The zero-order chi connectivity index (χ0) is 17.2. The number of ether oxygens (including phenoxy) is 1. The Morgan fingerprint density at radius 2 is 2.04 bits per heavy atom. The molecule has 3 amide bonds. The van der Waals surface area contributed by atoms with E-state index in [2.05, 4.69) is 10.1 Å². The maximum absolute atomic E-state index is 12.9. The maximum atomic E-state index is 12.9. The molecule has 0 aliphatic carbocycles. The average molecular weight is 322 g/mol. The van der Waals surface area contributed by atoms with Crippen molar-refractivity contribution in [2.45, 2.75) is 13.8 Å². The van der Waals surface area contributed by atoms with Gasteiger partial charge in [0.25, 0.3) is 5.91 Å². The summed E-state index contributed by atoms with van der Waals surface area (Å²) in [7, 11) is 0. The predicted molar refractivity (Wildman–Crippen MR) is 82.8 cm³/mol. The Bertz CT molecular complexity index is 599. The lowest BCUT2D eigenvalue weighted by Crippen LogP contribution is -2.42. The van der Waals surface area contributed by atoms with Gasteiger partial charge in [-0.15, -0.1) is 0 Å². The summed E-state index contributed by atoms with van der Waals surface area (Å²) in [6.07, 6.45) is 2.43. The van der Waals surface area contributed by atoms with E-state index in [1.165, 1.54) is 24.3 Å². The third-order valence-corrected chi connectivity index (χ3v) is 2.53. The first-order valence-corrected chi connectivity index (χ1v) is 7.05. The van der Waals surface area contributed by atoms with E-state index in [0.717, 1.165) is 6.08 Å². The van der Waals surface area contributed by atoms with Gasteiger partial charge >= 0.3 is 12.0 Å². The van der Waals surface area contributed by atoms with Crippen molar-refractivity contribution in [3.63, 3.8) is 0 Å². The summed E-state index contributed by atoms with van der Waals surface area (Å²) in [6.45, 7) is 3.67. The first-order chi connectivity index (χ1) is 10.9. The molecule has 0 aliphatic heterocycles. The number of carbonyl (C=O) groups is 3. The maximum Gasteiger partial charge on any atom is 0.331 e. The van der Waals surface area contributed by atoms with Crippen LogP contribution in [0.25, 0.3) is 6.08 Å². The molecule has 7 heteroatoms. The van der Waals surface area contributed by atoms with Crippen LogP contribution in [0.3, 0.4) is 0 Å². The van der Waals surface area contributed by atoms with Crippen LogP contribution in [0.5, 0.6) is 0 Å². The fourth-order valence-electron chi connectivity index (χ4n) is 1.46. The number of imide groups is 1. The lowest BCUT2D eigenvalue weighted by Gasteiger charge is -2.08. The van der Waals surface area contributed by atoms with E-state index in [9.17, 15) is 18.8 Å². The minimum atomic E-state index is -0.771. The van der Waals surface area contributed by atoms with Crippen LogP contribution in [0.4, 0.5) is 9.18 Å². The molecular weight excluding hydrogens is 303 g/mol. The Morgan fingerprint density at radius 1 is 1.30 bits per heavy atom. The second-order valence-corrected chi connectivity index (χ2v) is 5.15. The van der Waals surface area contributed by atoms with Gasteiger partial charge in [0.15, 0.2) is 6.61 Å². The summed E-state index contributed by atoms with van der Waals surface area (Å²) in [5.74, 6) is -1.68. The normalized spacial score (nSPS) is 10.6. The summed E-state index contributed by atoms with van der Waals surface area (Å²) in [5, 5.41) is 4.52. The van der Waals surface area contributed by atoms with E-state index in [-0.39, 0.29) is 5.92 Å². The van der Waals surface area contributed by atoms with E-state index in [0.29, 0.717) is 12.1 Å². The van der Waals surface area contributed by atoms with Crippen LogP contribution in [-0.2, 0) is 14.3 Å². The van der Waals surface area contributed by atoms with Gasteiger partial charge in [0.2, 0.25) is 0 Å². The summed E-state index contributed by atoms with van der Waals surface area (Å²) >= 11 is 0. The minimum Gasteiger partial charge on any atom is -0.452 e. The number of urea groups is 1. The standard InChI is InChI=1S/C16H19FN2O4/c1-11(2)9-18-16(22)19-14(20)10-23-15(21)7-6-12-4-3-5-13(17)8-12/h3-8,11H,9-10H2,1-2H3,(H2,18,19,20,22)/b7-6+. The molecule has 1 rings (SSSR count). The van der Waals surface area contributed by atoms with Crippen LogP contribution in [0.15, 0.2) is 30.3 Å². The molecule has 124 valence electrons. The second kappa shape index (κ2) is 9.34. The molecule has 0 aliphatic rings. The molecule has 0 spiro atoms. The molecule has 1 aromatic rings. The SMILES string of the molecule is CC(C)CNC(=O)NC(=O)COC(=O)/C=C/c1cccc(F)c1. The molecular formula is C16H19FN2O4. The quantitative estimate of drug-likeness (QED) is 0.618. The number of hydrogen-bond donors (Lipinski definition) is 2. The number of rotatable bonds is 6. The molecule has 23 heavy (non-hydrogen) atoms. The number of carbonyl (C=O) groups excluding carboxylic acids is 3. The van der Waals surface area contributed by atoms with Crippen molar-refractivity contribution in [2.24, 2.45) is 5.92 Å². The number of halogens is 1. The highest BCUT2D eigenvalue weighted by atomic mass is 19.1. The van der Waals surface area contributed by atoms with Crippen molar-refractivity contribution in [3.8, 4) is 0 Å². The third-order valence-electron chi connectivity index (χ3n) is 2.53. The zero-order valence-electron chi connectivity index (χ0n) is 13.0. The van der Waals surface area contributed by atoms with E-state index < -0.39 is 30.3 Å². The Kier molecular flexibility index (Phi) is 7.45. The van der Waals surface area contributed by atoms with Gasteiger partial charge in [-0.2, -0.15) is 0 Å². The molecule has 2 N–H and O–H groups in total. The molecule has 0 bridgehead atoms. The minimum absolute atomic E-state index is 0.252. The van der Waals surface area contributed by atoms with Crippen molar-refractivity contribution >= 4 is 24.0 Å². The molecule has 0 aromatic heterocycles. The van der Waals surface area contributed by atoms with Crippen molar-refractivity contribution in [3.05, 3.63) is 41.7 Å². The average Bonchev–Trinajstić information content (AvgIpc) is 2.49. The second-order valence-electron chi connectivity index (χ2n) is 5.15. The lowest BCUT2D eigenvalue weighted by atomic mass is 10.2. The van der Waals surface area contributed by atoms with Gasteiger partial charge < -0.3 is 10.1 Å². The van der Waals surface area contributed by atoms with Gasteiger partial charge in [-0.1, -0.05) is 26.0 Å². The van der Waals surface area contributed by atoms with Crippen LogP contribution in [0.2, 0.25) is 0 Å². The van der Waals surface area contributed by atoms with Gasteiger partial charge in [-0.25, -0.2) is 14.0 Å². The fourth-order valence-corrected chi connectivity index (χ4v) is 1.46. The lowest BCUT2D eigenvalue weighted by molar-refractivity contribution is -0.143. The summed E-state index contributed by atoms with van der Waals surface area (Å²) in [6, 6.07) is 5.00. The smallest absolute Gasteiger partial charge is 0.331 e. The van der Waals surface area contributed by atoms with Crippen LogP contribution in [0.1, 0.15) is 19.4 Å². The molecule has 0 saturated carbocycles. The predicted octanol–water partition coefficient (Wildman–Crippen LogP) is 1.86. The summed E-state index contributed by atoms with van der Waals surface area (Å²) < 4.78 is 17.6. The Balaban J connectivity index is 2.32. The molecule has 0 fully saturated rings. The molecule has 1 aromatic carbocycles. The first kappa shape index (κ1) is 18.3. The molecule has 0 unspecified atom stereocenters. The molecule has 0 radical (unpaired) electrons. The van der Waals surface area contributed by atoms with Crippen molar-refractivity contribution < 1.29 is 23.5 Å². The number of benzene rings is 1. The van der Waals surface area contributed by atoms with Crippen molar-refractivity contribution in [1.29, 1.82) is 0 Å². The zero-order valence-corrected chi connectivity index (χ0v) is 13.0. The van der Waals surface area contributed by atoms with Crippen molar-refractivity contribution in [1.82, 2.24) is 10.6 Å². The largest absolute Gasteiger partial charge is 0.452 e. The highest BCUT2D eigenvalue weighted by Gasteiger charge is 2.09. The van der Waals surface area contributed by atoms with Crippen LogP contribution < -0.4 is 10.6 Å². The molecule has 0 heterocycles. The molecule has 0 atom stereocenters.